The minimum Gasteiger partial charge on any atom is -0.481 e. The minimum absolute atomic E-state index is 0.00666. The molecule has 2 aromatic carbocycles. The maximum Gasteiger partial charge on any atom is 0.331 e. The summed E-state index contributed by atoms with van der Waals surface area (Å²) in [5.74, 6) is -4.96. The second-order valence-corrected chi connectivity index (χ2v) is 6.75. The van der Waals surface area contributed by atoms with E-state index in [1.54, 1.807) is 0 Å². The van der Waals surface area contributed by atoms with Gasteiger partial charge >= 0.3 is 17.9 Å². The highest BCUT2D eigenvalue weighted by molar-refractivity contribution is 5.99. The van der Waals surface area contributed by atoms with Crippen LogP contribution in [0.1, 0.15) is 12.8 Å². The molecular weight excluding hydrogens is 442 g/mol. The minimum atomic E-state index is -1.27. The Hall–Kier alpha value is -4.28. The zero-order valence-electron chi connectivity index (χ0n) is 17.3. The number of nitrogens with zero attached hydrogens (tertiary/aromatic N) is 1. The Balaban J connectivity index is 0.000000273. The molecule has 5 N–H and O–H groups in total. The Morgan fingerprint density at radius 1 is 0.970 bits per heavy atom. The standard InChI is InChI=1S/C11H10FNO3.C6H6FN.C5H6O4/c12-8-1-3-9(4-2-8)13-6-7(11(15)16)5-10(13)14;7-5-1-3-6(8)4-2-5;1-3(5(8)9)2-4(6)7/h1-4,7H,5-6H2,(H,15,16);1-4H,8H2;1-2H2,(H,6,7)(H,8,9). The highest BCUT2D eigenvalue weighted by Gasteiger charge is 2.34. The van der Waals surface area contributed by atoms with Crippen LogP contribution < -0.4 is 10.6 Å². The first-order valence-corrected chi connectivity index (χ1v) is 9.33. The van der Waals surface area contributed by atoms with Crippen LogP contribution in [-0.4, -0.2) is 45.7 Å². The fourth-order valence-corrected chi connectivity index (χ4v) is 2.46. The highest BCUT2D eigenvalue weighted by Crippen LogP contribution is 2.25. The van der Waals surface area contributed by atoms with E-state index in [1.165, 1.54) is 53.4 Å². The lowest BCUT2D eigenvalue weighted by Crippen LogP contribution is -2.25. The molecule has 0 spiro atoms. The maximum absolute atomic E-state index is 12.7. The average molecular weight is 464 g/mol. The van der Waals surface area contributed by atoms with Crippen LogP contribution in [0.5, 0.6) is 0 Å². The van der Waals surface area contributed by atoms with Crippen LogP contribution >= 0.6 is 0 Å². The van der Waals surface area contributed by atoms with Gasteiger partial charge < -0.3 is 26.0 Å². The SMILES string of the molecule is C=C(CC(=O)O)C(=O)O.Nc1ccc(F)cc1.O=C(O)C1CC(=O)N(c2ccc(F)cc2)C1. The average Bonchev–Trinajstić information content (AvgIpc) is 3.13. The third-order valence-corrected chi connectivity index (χ3v) is 4.15. The normalized spacial score (nSPS) is 14.3. The molecule has 0 saturated carbocycles. The smallest absolute Gasteiger partial charge is 0.331 e. The summed E-state index contributed by atoms with van der Waals surface area (Å²) in [5, 5.41) is 24.9. The van der Waals surface area contributed by atoms with Crippen LogP contribution in [0, 0.1) is 17.6 Å². The van der Waals surface area contributed by atoms with Crippen molar-refractivity contribution in [3.05, 3.63) is 72.3 Å². The van der Waals surface area contributed by atoms with Crippen molar-refractivity contribution in [2.45, 2.75) is 12.8 Å². The maximum atomic E-state index is 12.7. The number of halogens is 2. The van der Waals surface area contributed by atoms with Crippen molar-refractivity contribution in [2.75, 3.05) is 17.2 Å². The predicted molar refractivity (Wildman–Crippen MR) is 114 cm³/mol. The van der Waals surface area contributed by atoms with Gasteiger partial charge in [0.15, 0.2) is 0 Å². The number of aliphatic carboxylic acids is 3. The van der Waals surface area contributed by atoms with Gasteiger partial charge in [0.25, 0.3) is 0 Å². The number of carboxylic acid groups (broad SMARTS) is 3. The first-order chi connectivity index (χ1) is 15.4. The summed E-state index contributed by atoms with van der Waals surface area (Å²) in [4.78, 5) is 43.3. The molecule has 1 aliphatic rings. The number of anilines is 2. The molecule has 176 valence electrons. The number of nitrogens with two attached hydrogens (primary N) is 1. The summed E-state index contributed by atoms with van der Waals surface area (Å²) in [6.07, 6.45) is -0.498. The van der Waals surface area contributed by atoms with Crippen molar-refractivity contribution in [2.24, 2.45) is 5.92 Å². The molecule has 11 heteroatoms. The molecule has 1 amide bonds. The Morgan fingerprint density at radius 2 is 1.45 bits per heavy atom. The fourth-order valence-electron chi connectivity index (χ4n) is 2.46. The summed E-state index contributed by atoms with van der Waals surface area (Å²) >= 11 is 0. The van der Waals surface area contributed by atoms with Crippen LogP contribution in [0.4, 0.5) is 20.2 Å². The van der Waals surface area contributed by atoms with Crippen LogP contribution in [0.3, 0.4) is 0 Å². The summed E-state index contributed by atoms with van der Waals surface area (Å²) < 4.78 is 24.7. The Kier molecular flexibility index (Phi) is 10.2. The van der Waals surface area contributed by atoms with E-state index in [9.17, 15) is 28.0 Å². The molecule has 2 aromatic rings. The zero-order valence-corrected chi connectivity index (χ0v) is 17.3. The van der Waals surface area contributed by atoms with Gasteiger partial charge in [-0.15, -0.1) is 0 Å². The van der Waals surface area contributed by atoms with Gasteiger partial charge in [0.2, 0.25) is 5.91 Å². The molecule has 0 bridgehead atoms. The number of benzene rings is 2. The van der Waals surface area contributed by atoms with Crippen LogP contribution in [0.15, 0.2) is 60.7 Å². The van der Waals surface area contributed by atoms with Crippen molar-refractivity contribution in [1.29, 1.82) is 0 Å². The second-order valence-electron chi connectivity index (χ2n) is 6.75. The largest absolute Gasteiger partial charge is 0.481 e. The van der Waals surface area contributed by atoms with E-state index in [-0.39, 0.29) is 36.1 Å². The number of carboxylic acids is 3. The first kappa shape index (κ1) is 26.8. The Morgan fingerprint density at radius 3 is 1.79 bits per heavy atom. The van der Waals surface area contributed by atoms with E-state index >= 15 is 0 Å². The molecule has 1 atom stereocenters. The number of amides is 1. The number of nitrogen functional groups attached to an aromatic ring is 1. The number of hydrogen-bond donors (Lipinski definition) is 4. The molecule has 33 heavy (non-hydrogen) atoms. The topological polar surface area (TPSA) is 158 Å². The van der Waals surface area contributed by atoms with Crippen molar-refractivity contribution in [3.8, 4) is 0 Å². The quantitative estimate of drug-likeness (QED) is 0.388. The van der Waals surface area contributed by atoms with E-state index in [0.29, 0.717) is 11.4 Å². The van der Waals surface area contributed by atoms with Gasteiger partial charge in [0.05, 0.1) is 12.3 Å². The summed E-state index contributed by atoms with van der Waals surface area (Å²) in [7, 11) is 0. The van der Waals surface area contributed by atoms with E-state index in [4.69, 9.17) is 21.1 Å². The zero-order chi connectivity index (χ0) is 25.1. The third-order valence-electron chi connectivity index (χ3n) is 4.15. The lowest BCUT2D eigenvalue weighted by Gasteiger charge is -2.15. The molecule has 1 saturated heterocycles. The number of carbonyl (C=O) groups excluding carboxylic acids is 1. The number of rotatable bonds is 5. The lowest BCUT2D eigenvalue weighted by atomic mass is 10.1. The summed E-state index contributed by atoms with van der Waals surface area (Å²) in [5.41, 5.74) is 6.08. The van der Waals surface area contributed by atoms with E-state index in [0.717, 1.165) is 0 Å². The van der Waals surface area contributed by atoms with Crippen molar-refractivity contribution < 1.29 is 43.3 Å². The summed E-state index contributed by atoms with van der Waals surface area (Å²) in [6.45, 7) is 3.17. The van der Waals surface area contributed by atoms with Gasteiger partial charge in [-0.3, -0.25) is 14.4 Å². The highest BCUT2D eigenvalue weighted by atomic mass is 19.1. The van der Waals surface area contributed by atoms with E-state index in [1.807, 2.05) is 0 Å². The molecule has 9 nitrogen and oxygen atoms in total. The molecule has 1 fully saturated rings. The van der Waals surface area contributed by atoms with Gasteiger partial charge in [0, 0.05) is 29.9 Å². The fraction of sp³-hybridized carbons (Fsp3) is 0.182. The molecule has 0 aliphatic carbocycles. The molecule has 3 rings (SSSR count). The predicted octanol–water partition coefficient (Wildman–Crippen LogP) is 2.77. The van der Waals surface area contributed by atoms with E-state index in [2.05, 4.69) is 6.58 Å². The number of carbonyl (C=O) groups is 4. The Labute approximate surface area is 187 Å². The molecule has 0 aromatic heterocycles. The van der Waals surface area contributed by atoms with Gasteiger partial charge in [0.1, 0.15) is 11.6 Å². The number of hydrogen-bond acceptors (Lipinski definition) is 5. The third kappa shape index (κ3) is 9.59. The monoisotopic (exact) mass is 464 g/mol. The van der Waals surface area contributed by atoms with Crippen LogP contribution in [-0.2, 0) is 19.2 Å². The molecule has 1 heterocycles. The molecule has 1 aliphatic heterocycles. The van der Waals surface area contributed by atoms with Gasteiger partial charge in [-0.05, 0) is 48.5 Å². The summed E-state index contributed by atoms with van der Waals surface area (Å²) in [6, 6.07) is 11.1. The molecule has 1 unspecified atom stereocenters. The van der Waals surface area contributed by atoms with Crippen LogP contribution in [0.25, 0.3) is 0 Å². The molecule has 0 radical (unpaired) electrons. The van der Waals surface area contributed by atoms with E-state index < -0.39 is 30.2 Å². The first-order valence-electron chi connectivity index (χ1n) is 9.33. The van der Waals surface area contributed by atoms with Gasteiger partial charge in [-0.2, -0.15) is 0 Å². The van der Waals surface area contributed by atoms with Gasteiger partial charge in [-0.1, -0.05) is 6.58 Å². The lowest BCUT2D eigenvalue weighted by molar-refractivity contribution is -0.141. The molecular formula is C22H22F2N2O7. The van der Waals surface area contributed by atoms with Gasteiger partial charge in [-0.25, -0.2) is 13.6 Å². The Bertz CT molecular complexity index is 987. The second kappa shape index (κ2) is 12.5. The van der Waals surface area contributed by atoms with Crippen LogP contribution in [0.2, 0.25) is 0 Å². The van der Waals surface area contributed by atoms with Crippen molar-refractivity contribution in [3.63, 3.8) is 0 Å². The van der Waals surface area contributed by atoms with Crippen molar-refractivity contribution in [1.82, 2.24) is 0 Å². The van der Waals surface area contributed by atoms with Crippen molar-refractivity contribution >= 4 is 35.2 Å².